The molecule has 6 heteroatoms. The molecule has 0 aliphatic rings. The Morgan fingerprint density at radius 3 is 2.56 bits per heavy atom. The van der Waals surface area contributed by atoms with Crippen molar-refractivity contribution in [1.82, 2.24) is 4.98 Å². The Bertz CT molecular complexity index is 834. The fourth-order valence-corrected chi connectivity index (χ4v) is 3.22. The molecule has 0 bridgehead atoms. The van der Waals surface area contributed by atoms with Crippen LogP contribution in [0.2, 0.25) is 0 Å². The number of benzene rings is 2. The summed E-state index contributed by atoms with van der Waals surface area (Å²) < 4.78 is 18.3. The molecule has 1 amide bonds. The zero-order valence-corrected chi connectivity index (χ0v) is 14.5. The lowest BCUT2D eigenvalue weighted by Gasteiger charge is -2.17. The Balaban J connectivity index is 1.68. The average molecular weight is 356 g/mol. The summed E-state index contributed by atoms with van der Waals surface area (Å²) in [7, 11) is 0. The van der Waals surface area contributed by atoms with Gasteiger partial charge >= 0.3 is 0 Å². The summed E-state index contributed by atoms with van der Waals surface area (Å²) in [6, 6.07) is 15.4. The molecule has 0 saturated carbocycles. The molecule has 0 saturated heterocycles. The molecular weight excluding hydrogens is 339 g/mol. The third-order valence-electron chi connectivity index (χ3n) is 3.59. The molecule has 0 unspecified atom stereocenters. The van der Waals surface area contributed by atoms with Gasteiger partial charge in [0, 0.05) is 17.5 Å². The van der Waals surface area contributed by atoms with Gasteiger partial charge in [0.25, 0.3) is 5.91 Å². The highest BCUT2D eigenvalue weighted by molar-refractivity contribution is 7.14. The van der Waals surface area contributed by atoms with Crippen LogP contribution in [0.15, 0.2) is 60.0 Å². The Morgan fingerprint density at radius 2 is 1.88 bits per heavy atom. The van der Waals surface area contributed by atoms with Crippen LogP contribution in [-0.4, -0.2) is 24.0 Å². The van der Waals surface area contributed by atoms with Crippen molar-refractivity contribution < 1.29 is 13.9 Å². The van der Waals surface area contributed by atoms with Gasteiger partial charge in [-0.15, -0.1) is 11.3 Å². The van der Waals surface area contributed by atoms with E-state index in [0.717, 1.165) is 11.3 Å². The maximum Gasteiger partial charge on any atom is 0.266 e. The van der Waals surface area contributed by atoms with E-state index in [1.165, 1.54) is 35.6 Å². The number of anilines is 1. The normalized spacial score (nSPS) is 10.5. The first-order valence-corrected chi connectivity index (χ1v) is 8.75. The van der Waals surface area contributed by atoms with Gasteiger partial charge < -0.3 is 4.74 Å². The van der Waals surface area contributed by atoms with Gasteiger partial charge in [-0.3, -0.25) is 9.69 Å². The Morgan fingerprint density at radius 1 is 1.16 bits per heavy atom. The van der Waals surface area contributed by atoms with Crippen molar-refractivity contribution in [2.75, 3.05) is 18.1 Å². The lowest BCUT2D eigenvalue weighted by molar-refractivity contribution is -0.120. The first-order chi connectivity index (χ1) is 12.2. The van der Waals surface area contributed by atoms with Crippen molar-refractivity contribution in [3.05, 3.63) is 65.8 Å². The molecule has 1 heterocycles. The average Bonchev–Trinajstić information content (AvgIpc) is 3.12. The first-order valence-electron chi connectivity index (χ1n) is 7.87. The van der Waals surface area contributed by atoms with Crippen LogP contribution >= 0.6 is 11.3 Å². The van der Waals surface area contributed by atoms with E-state index < -0.39 is 0 Å². The number of ether oxygens (including phenoxy) is 1. The molecule has 3 rings (SSSR count). The number of amides is 1. The molecule has 1 aromatic heterocycles. The van der Waals surface area contributed by atoms with Crippen LogP contribution in [0.5, 0.6) is 5.75 Å². The monoisotopic (exact) mass is 356 g/mol. The Labute approximate surface area is 149 Å². The summed E-state index contributed by atoms with van der Waals surface area (Å²) in [6.07, 6.45) is 0. The Hall–Kier alpha value is -2.73. The summed E-state index contributed by atoms with van der Waals surface area (Å²) >= 11 is 1.42. The summed E-state index contributed by atoms with van der Waals surface area (Å²) in [5, 5.41) is 2.57. The molecule has 0 aliphatic carbocycles. The highest BCUT2D eigenvalue weighted by atomic mass is 32.1. The van der Waals surface area contributed by atoms with E-state index in [4.69, 9.17) is 4.74 Å². The standard InChI is InChI=1S/C19H17FN2O2S/c1-2-22(18(23)12-24-16-10-8-15(20)9-11-16)19-21-17(13-25-19)14-6-4-3-5-7-14/h3-11,13H,2,12H2,1H3. The zero-order chi connectivity index (χ0) is 17.6. The molecule has 25 heavy (non-hydrogen) atoms. The number of carbonyl (C=O) groups is 1. The van der Waals surface area contributed by atoms with Crippen molar-refractivity contribution in [1.29, 1.82) is 0 Å². The van der Waals surface area contributed by atoms with Crippen LogP contribution in [0, 0.1) is 5.82 Å². The van der Waals surface area contributed by atoms with Crippen molar-refractivity contribution >= 4 is 22.4 Å². The van der Waals surface area contributed by atoms with Crippen LogP contribution in [-0.2, 0) is 4.79 Å². The fourth-order valence-electron chi connectivity index (χ4n) is 2.30. The zero-order valence-electron chi connectivity index (χ0n) is 13.7. The minimum atomic E-state index is -0.343. The molecule has 3 aromatic rings. The van der Waals surface area contributed by atoms with E-state index in [1.54, 1.807) is 4.90 Å². The minimum Gasteiger partial charge on any atom is -0.484 e. The summed E-state index contributed by atoms with van der Waals surface area (Å²) in [6.45, 7) is 2.26. The van der Waals surface area contributed by atoms with Gasteiger partial charge in [-0.05, 0) is 31.2 Å². The van der Waals surface area contributed by atoms with Crippen LogP contribution in [0.1, 0.15) is 6.92 Å². The summed E-state index contributed by atoms with van der Waals surface area (Å²) in [4.78, 5) is 18.6. The second kappa shape index (κ2) is 7.90. The van der Waals surface area contributed by atoms with E-state index in [2.05, 4.69) is 4.98 Å². The molecule has 0 aliphatic heterocycles. The minimum absolute atomic E-state index is 0.125. The molecular formula is C19H17FN2O2S. The number of thiazole rings is 1. The number of nitrogens with zero attached hydrogens (tertiary/aromatic N) is 2. The van der Waals surface area contributed by atoms with E-state index in [9.17, 15) is 9.18 Å². The number of hydrogen-bond donors (Lipinski definition) is 0. The van der Waals surface area contributed by atoms with E-state index in [0.29, 0.717) is 17.4 Å². The Kier molecular flexibility index (Phi) is 5.40. The van der Waals surface area contributed by atoms with E-state index >= 15 is 0 Å². The SMILES string of the molecule is CCN(C(=O)COc1ccc(F)cc1)c1nc(-c2ccccc2)cs1. The fraction of sp³-hybridized carbons (Fsp3) is 0.158. The molecule has 128 valence electrons. The van der Waals surface area contributed by atoms with Gasteiger partial charge in [-0.25, -0.2) is 9.37 Å². The van der Waals surface area contributed by atoms with Crippen LogP contribution in [0.4, 0.5) is 9.52 Å². The van der Waals surface area contributed by atoms with Crippen LogP contribution < -0.4 is 9.64 Å². The van der Waals surface area contributed by atoms with Crippen LogP contribution in [0.25, 0.3) is 11.3 Å². The quantitative estimate of drug-likeness (QED) is 0.658. The molecule has 0 N–H and O–H groups in total. The number of halogens is 1. The van der Waals surface area contributed by atoms with Gasteiger partial charge in [0.1, 0.15) is 11.6 Å². The van der Waals surface area contributed by atoms with Crippen molar-refractivity contribution in [3.63, 3.8) is 0 Å². The molecule has 0 radical (unpaired) electrons. The molecule has 0 fully saturated rings. The topological polar surface area (TPSA) is 42.4 Å². The van der Waals surface area contributed by atoms with E-state index in [1.807, 2.05) is 42.6 Å². The van der Waals surface area contributed by atoms with Crippen molar-refractivity contribution in [2.24, 2.45) is 0 Å². The van der Waals surface area contributed by atoms with Crippen LogP contribution in [0.3, 0.4) is 0 Å². The number of hydrogen-bond acceptors (Lipinski definition) is 4. The number of carbonyl (C=O) groups excluding carboxylic acids is 1. The molecule has 0 atom stereocenters. The van der Waals surface area contributed by atoms with Crippen molar-refractivity contribution in [2.45, 2.75) is 6.92 Å². The predicted octanol–water partition coefficient (Wildman–Crippen LogP) is 4.38. The lowest BCUT2D eigenvalue weighted by Crippen LogP contribution is -2.34. The number of likely N-dealkylation sites (N-methyl/N-ethyl adjacent to an activating group) is 1. The smallest absolute Gasteiger partial charge is 0.266 e. The molecule has 0 spiro atoms. The van der Waals surface area contributed by atoms with Gasteiger partial charge in [-0.2, -0.15) is 0 Å². The largest absolute Gasteiger partial charge is 0.484 e. The molecule has 4 nitrogen and oxygen atoms in total. The molecule has 2 aromatic carbocycles. The second-order valence-electron chi connectivity index (χ2n) is 5.26. The number of rotatable bonds is 6. The van der Waals surface area contributed by atoms with Gasteiger partial charge in [0.2, 0.25) is 0 Å². The third kappa shape index (κ3) is 4.22. The van der Waals surface area contributed by atoms with Crippen molar-refractivity contribution in [3.8, 4) is 17.0 Å². The summed E-state index contributed by atoms with van der Waals surface area (Å²) in [5.41, 5.74) is 1.85. The van der Waals surface area contributed by atoms with Gasteiger partial charge in [0.05, 0.1) is 5.69 Å². The maximum absolute atomic E-state index is 12.9. The summed E-state index contributed by atoms with van der Waals surface area (Å²) in [5.74, 6) is -0.0826. The third-order valence-corrected chi connectivity index (χ3v) is 4.45. The van der Waals surface area contributed by atoms with Gasteiger partial charge in [0.15, 0.2) is 11.7 Å². The second-order valence-corrected chi connectivity index (χ2v) is 6.10. The first kappa shape index (κ1) is 17.1. The highest BCUT2D eigenvalue weighted by Crippen LogP contribution is 2.27. The maximum atomic E-state index is 12.9. The lowest BCUT2D eigenvalue weighted by atomic mass is 10.2. The predicted molar refractivity (Wildman–Crippen MR) is 97.5 cm³/mol. The highest BCUT2D eigenvalue weighted by Gasteiger charge is 2.18. The van der Waals surface area contributed by atoms with E-state index in [-0.39, 0.29) is 18.3 Å². The van der Waals surface area contributed by atoms with Gasteiger partial charge in [-0.1, -0.05) is 30.3 Å². The number of aromatic nitrogens is 1.